The van der Waals surface area contributed by atoms with Crippen molar-refractivity contribution in [2.75, 3.05) is 6.61 Å². The number of ether oxygens (including phenoxy) is 1. The van der Waals surface area contributed by atoms with Crippen molar-refractivity contribution >= 4 is 5.91 Å². The number of rotatable bonds is 6. The Hall–Kier alpha value is -3.71. The van der Waals surface area contributed by atoms with Crippen LogP contribution >= 0.6 is 0 Å². The second kappa shape index (κ2) is 8.80. The molecule has 0 bridgehead atoms. The van der Waals surface area contributed by atoms with Crippen LogP contribution in [0.15, 0.2) is 43.0 Å². The monoisotopic (exact) mass is 460 g/mol. The molecule has 32 heavy (non-hydrogen) atoms. The molecule has 0 aliphatic carbocycles. The summed E-state index contributed by atoms with van der Waals surface area (Å²) in [4.78, 5) is 21.9. The summed E-state index contributed by atoms with van der Waals surface area (Å²) in [5.74, 6) is -1.58. The van der Waals surface area contributed by atoms with Crippen molar-refractivity contribution in [3.63, 3.8) is 0 Å². The highest BCUT2D eigenvalue weighted by molar-refractivity contribution is 5.95. The summed E-state index contributed by atoms with van der Waals surface area (Å²) < 4.78 is 81.1. The van der Waals surface area contributed by atoms with E-state index in [1.807, 2.05) is 0 Å². The van der Waals surface area contributed by atoms with Gasteiger partial charge in [0.15, 0.2) is 12.4 Å². The van der Waals surface area contributed by atoms with Crippen LogP contribution in [0, 0.1) is 0 Å². The van der Waals surface area contributed by atoms with Crippen molar-refractivity contribution in [2.45, 2.75) is 25.3 Å². The van der Waals surface area contributed by atoms with Gasteiger partial charge in [-0.05, 0) is 25.1 Å². The maximum Gasteiger partial charge on any atom is 0.422 e. The molecule has 0 aliphatic heterocycles. The Morgan fingerprint density at radius 1 is 1.03 bits per heavy atom. The minimum Gasteiger partial charge on any atom is -0.484 e. The molecule has 3 aromatic rings. The van der Waals surface area contributed by atoms with Crippen molar-refractivity contribution < 1.29 is 35.9 Å². The Morgan fingerprint density at radius 2 is 1.69 bits per heavy atom. The fraction of sp³-hybridized carbons (Fsp3) is 0.278. The van der Waals surface area contributed by atoms with Crippen molar-refractivity contribution in [2.24, 2.45) is 0 Å². The topological polar surface area (TPSA) is 94.8 Å². The van der Waals surface area contributed by atoms with Gasteiger partial charge in [0, 0.05) is 18.0 Å². The van der Waals surface area contributed by atoms with Crippen LogP contribution in [0.1, 0.15) is 34.6 Å². The number of hydrogen-bond donors (Lipinski definition) is 1. The Kier molecular flexibility index (Phi) is 6.32. The second-order valence-electron chi connectivity index (χ2n) is 6.43. The number of carbonyl (C=O) groups excluding carboxylic acids is 1. The minimum absolute atomic E-state index is 0.170. The van der Waals surface area contributed by atoms with Crippen molar-refractivity contribution in [1.29, 1.82) is 0 Å². The number of halogens is 6. The zero-order chi connectivity index (χ0) is 23.5. The zero-order valence-electron chi connectivity index (χ0n) is 16.1. The van der Waals surface area contributed by atoms with E-state index in [2.05, 4.69) is 30.2 Å². The third-order valence-electron chi connectivity index (χ3n) is 3.97. The minimum atomic E-state index is -4.91. The van der Waals surface area contributed by atoms with E-state index >= 15 is 0 Å². The van der Waals surface area contributed by atoms with E-state index in [1.54, 1.807) is 0 Å². The summed E-state index contributed by atoms with van der Waals surface area (Å²) in [6, 6.07) is 0.812. The van der Waals surface area contributed by atoms with Crippen molar-refractivity contribution in [1.82, 2.24) is 30.3 Å². The summed E-state index contributed by atoms with van der Waals surface area (Å²) in [5, 5.41) is 10.3. The number of hydrogen-bond acceptors (Lipinski definition) is 6. The molecule has 2 aromatic heterocycles. The van der Waals surface area contributed by atoms with Crippen LogP contribution in [0.2, 0.25) is 0 Å². The van der Waals surface area contributed by atoms with Gasteiger partial charge in [-0.3, -0.25) is 9.78 Å². The van der Waals surface area contributed by atoms with E-state index in [0.717, 1.165) is 10.9 Å². The molecule has 2 heterocycles. The Balaban J connectivity index is 1.87. The van der Waals surface area contributed by atoms with Gasteiger partial charge in [0.1, 0.15) is 11.4 Å². The summed E-state index contributed by atoms with van der Waals surface area (Å²) in [7, 11) is 0. The maximum absolute atomic E-state index is 13.2. The molecule has 14 heteroatoms. The molecule has 0 saturated heterocycles. The van der Waals surface area contributed by atoms with Crippen LogP contribution < -0.4 is 10.1 Å². The summed E-state index contributed by atoms with van der Waals surface area (Å²) in [6.07, 6.45) is -4.23. The van der Waals surface area contributed by atoms with Crippen molar-refractivity contribution in [3.05, 3.63) is 59.8 Å². The number of aromatic nitrogens is 5. The lowest BCUT2D eigenvalue weighted by atomic mass is 10.1. The smallest absolute Gasteiger partial charge is 0.422 e. The van der Waals surface area contributed by atoms with Crippen molar-refractivity contribution in [3.8, 4) is 11.6 Å². The molecule has 0 aliphatic rings. The van der Waals surface area contributed by atoms with Gasteiger partial charge in [-0.1, -0.05) is 0 Å². The molecular weight excluding hydrogens is 446 g/mol. The van der Waals surface area contributed by atoms with Gasteiger partial charge < -0.3 is 10.1 Å². The number of nitrogens with zero attached hydrogens (tertiary/aromatic N) is 5. The van der Waals surface area contributed by atoms with Gasteiger partial charge in [0.2, 0.25) is 0 Å². The highest BCUT2D eigenvalue weighted by atomic mass is 19.4. The standard InChI is InChI=1S/C18H14F6N6O2/c1-10(14-15(26-3-2-25-14)30-27-4-5-28-30)29-16(31)11-6-12(18(22,23)24)8-13(7-11)32-9-17(19,20)21/h2-8,10H,9H2,1H3,(H,29,31). The van der Waals surface area contributed by atoms with E-state index in [9.17, 15) is 31.1 Å². The molecule has 1 aromatic carbocycles. The van der Waals surface area contributed by atoms with E-state index in [1.165, 1.54) is 31.7 Å². The second-order valence-corrected chi connectivity index (χ2v) is 6.43. The summed E-state index contributed by atoms with van der Waals surface area (Å²) >= 11 is 0. The Bertz CT molecular complexity index is 1080. The normalized spacial score (nSPS) is 13.0. The third-order valence-corrected chi connectivity index (χ3v) is 3.97. The lowest BCUT2D eigenvalue weighted by Gasteiger charge is -2.17. The molecule has 1 N–H and O–H groups in total. The third kappa shape index (κ3) is 5.70. The highest BCUT2D eigenvalue weighted by Gasteiger charge is 2.33. The Morgan fingerprint density at radius 3 is 2.31 bits per heavy atom. The van der Waals surface area contributed by atoms with Gasteiger partial charge in [-0.15, -0.1) is 4.80 Å². The van der Waals surface area contributed by atoms with Crippen LogP contribution in [0.3, 0.4) is 0 Å². The van der Waals surface area contributed by atoms with Gasteiger partial charge in [0.25, 0.3) is 5.91 Å². The number of alkyl halides is 6. The van der Waals surface area contributed by atoms with Crippen LogP contribution in [-0.2, 0) is 6.18 Å². The molecular formula is C18H14F6N6O2. The first-order chi connectivity index (χ1) is 14.9. The predicted octanol–water partition coefficient (Wildman–Crippen LogP) is 3.51. The fourth-order valence-corrected chi connectivity index (χ4v) is 2.62. The molecule has 1 unspecified atom stereocenters. The van der Waals surface area contributed by atoms with Crippen LogP contribution in [-0.4, -0.2) is 43.7 Å². The van der Waals surface area contributed by atoms with E-state index in [0.29, 0.717) is 12.1 Å². The van der Waals surface area contributed by atoms with Gasteiger partial charge in [0.05, 0.1) is 24.0 Å². The Labute approximate surface area is 176 Å². The zero-order valence-corrected chi connectivity index (χ0v) is 16.1. The number of amides is 1. The average Bonchev–Trinajstić information content (AvgIpc) is 3.25. The first-order valence-corrected chi connectivity index (χ1v) is 8.84. The lowest BCUT2D eigenvalue weighted by Crippen LogP contribution is -2.29. The molecule has 0 saturated carbocycles. The molecule has 1 atom stereocenters. The predicted molar refractivity (Wildman–Crippen MR) is 95.8 cm³/mol. The van der Waals surface area contributed by atoms with E-state index < -0.39 is 47.8 Å². The quantitative estimate of drug-likeness (QED) is 0.566. The molecule has 0 spiro atoms. The van der Waals surface area contributed by atoms with Gasteiger partial charge >= 0.3 is 12.4 Å². The number of carbonyl (C=O) groups is 1. The highest BCUT2D eigenvalue weighted by Crippen LogP contribution is 2.33. The molecule has 170 valence electrons. The molecule has 0 fully saturated rings. The molecule has 3 rings (SSSR count). The van der Waals surface area contributed by atoms with Gasteiger partial charge in [-0.25, -0.2) is 4.98 Å². The van der Waals surface area contributed by atoms with E-state index in [4.69, 9.17) is 0 Å². The maximum atomic E-state index is 13.2. The average molecular weight is 460 g/mol. The summed E-state index contributed by atoms with van der Waals surface area (Å²) in [6.45, 7) is -0.324. The number of nitrogens with one attached hydrogen (secondary N) is 1. The summed E-state index contributed by atoms with van der Waals surface area (Å²) in [5.41, 5.74) is -1.68. The van der Waals surface area contributed by atoms with Crippen LogP contribution in [0.25, 0.3) is 5.82 Å². The first-order valence-electron chi connectivity index (χ1n) is 8.84. The molecule has 1 amide bonds. The van der Waals surface area contributed by atoms with Gasteiger partial charge in [-0.2, -0.15) is 36.5 Å². The molecule has 8 nitrogen and oxygen atoms in total. The largest absolute Gasteiger partial charge is 0.484 e. The first kappa shape index (κ1) is 23.0. The molecule has 0 radical (unpaired) electrons. The van der Waals surface area contributed by atoms with Crippen LogP contribution in [0.5, 0.6) is 5.75 Å². The SMILES string of the molecule is CC(NC(=O)c1cc(OCC(F)(F)F)cc(C(F)(F)F)c1)c1nccnc1-n1nccn1. The number of benzene rings is 1. The lowest BCUT2D eigenvalue weighted by molar-refractivity contribution is -0.153. The fourth-order valence-electron chi connectivity index (χ4n) is 2.62. The van der Waals surface area contributed by atoms with E-state index in [-0.39, 0.29) is 11.5 Å². The van der Waals surface area contributed by atoms with Crippen LogP contribution in [0.4, 0.5) is 26.3 Å².